The number of benzene rings is 1. The summed E-state index contributed by atoms with van der Waals surface area (Å²) in [6.45, 7) is -0.432. The van der Waals surface area contributed by atoms with Gasteiger partial charge >= 0.3 is 5.97 Å². The molecular formula is C19H21F2NO3. The van der Waals surface area contributed by atoms with Crippen molar-refractivity contribution < 1.29 is 23.1 Å². The van der Waals surface area contributed by atoms with Crippen LogP contribution >= 0.6 is 0 Å². The molecule has 134 valence electrons. The summed E-state index contributed by atoms with van der Waals surface area (Å²) in [5, 5.41) is 3.09. The standard InChI is InChI=1S/C19H21F2NO3/c20-15-4-14(5-16(21)6-15)18(24)25-10-17(23)22-19-7-11-1-12(8-19)3-13(2-11)9-19/h4-6,11-13H,1-3,7-10H2,(H,22,23). The van der Waals surface area contributed by atoms with Crippen molar-refractivity contribution in [2.75, 3.05) is 6.61 Å². The molecule has 1 N–H and O–H groups in total. The lowest BCUT2D eigenvalue weighted by Crippen LogP contribution is -2.60. The van der Waals surface area contributed by atoms with E-state index in [0.717, 1.165) is 31.4 Å². The van der Waals surface area contributed by atoms with Crippen LogP contribution in [0.25, 0.3) is 0 Å². The molecule has 5 rings (SSSR count). The van der Waals surface area contributed by atoms with E-state index in [1.807, 2.05) is 0 Å². The predicted molar refractivity (Wildman–Crippen MR) is 85.7 cm³/mol. The second kappa shape index (κ2) is 6.07. The maximum atomic E-state index is 13.1. The van der Waals surface area contributed by atoms with Crippen LogP contribution in [0.5, 0.6) is 0 Å². The zero-order valence-electron chi connectivity index (χ0n) is 13.9. The molecule has 4 saturated carbocycles. The molecule has 1 aromatic carbocycles. The summed E-state index contributed by atoms with van der Waals surface area (Å²) in [6, 6.07) is 2.46. The van der Waals surface area contributed by atoms with Crippen LogP contribution in [0.1, 0.15) is 48.9 Å². The van der Waals surface area contributed by atoms with E-state index in [4.69, 9.17) is 4.74 Å². The number of halogens is 2. The van der Waals surface area contributed by atoms with E-state index in [1.54, 1.807) is 0 Å². The Morgan fingerprint density at radius 3 is 2.04 bits per heavy atom. The van der Waals surface area contributed by atoms with Gasteiger partial charge in [0.2, 0.25) is 0 Å². The van der Waals surface area contributed by atoms with Gasteiger partial charge in [0.25, 0.3) is 5.91 Å². The van der Waals surface area contributed by atoms with Gasteiger partial charge in [-0.2, -0.15) is 0 Å². The van der Waals surface area contributed by atoms with Gasteiger partial charge in [-0.1, -0.05) is 0 Å². The van der Waals surface area contributed by atoms with E-state index >= 15 is 0 Å². The van der Waals surface area contributed by atoms with Crippen LogP contribution < -0.4 is 5.32 Å². The van der Waals surface area contributed by atoms with Crippen molar-refractivity contribution >= 4 is 11.9 Å². The Labute approximate surface area is 144 Å². The summed E-state index contributed by atoms with van der Waals surface area (Å²) in [7, 11) is 0. The normalized spacial score (nSPS) is 32.5. The summed E-state index contributed by atoms with van der Waals surface area (Å²) in [5.74, 6) is -0.862. The van der Waals surface area contributed by atoms with Gasteiger partial charge in [0.1, 0.15) is 11.6 Å². The number of hydrogen-bond acceptors (Lipinski definition) is 3. The fraction of sp³-hybridized carbons (Fsp3) is 0.579. The number of carbonyl (C=O) groups is 2. The average Bonchev–Trinajstić information content (AvgIpc) is 2.49. The molecule has 4 bridgehead atoms. The smallest absolute Gasteiger partial charge is 0.338 e. The Balaban J connectivity index is 1.34. The molecule has 4 fully saturated rings. The molecule has 0 aromatic heterocycles. The number of hydrogen-bond donors (Lipinski definition) is 1. The van der Waals surface area contributed by atoms with Crippen molar-refractivity contribution in [3.8, 4) is 0 Å². The van der Waals surface area contributed by atoms with E-state index in [1.165, 1.54) is 19.3 Å². The zero-order chi connectivity index (χ0) is 17.6. The molecule has 4 aliphatic carbocycles. The number of rotatable bonds is 4. The molecule has 4 nitrogen and oxygen atoms in total. The lowest BCUT2D eigenvalue weighted by atomic mass is 9.53. The summed E-state index contributed by atoms with van der Waals surface area (Å²) in [6.07, 6.45) is 6.84. The SMILES string of the molecule is O=C(COC(=O)c1cc(F)cc(F)c1)NC12CC3CC(CC(C3)C1)C2. The highest BCUT2D eigenvalue weighted by molar-refractivity contribution is 5.91. The molecule has 0 spiro atoms. The molecule has 6 heteroatoms. The monoisotopic (exact) mass is 349 g/mol. The topological polar surface area (TPSA) is 55.4 Å². The van der Waals surface area contributed by atoms with Gasteiger partial charge < -0.3 is 10.1 Å². The first kappa shape index (κ1) is 16.5. The summed E-state index contributed by atoms with van der Waals surface area (Å²) in [4.78, 5) is 24.1. The summed E-state index contributed by atoms with van der Waals surface area (Å²) < 4.78 is 31.2. The van der Waals surface area contributed by atoms with E-state index in [-0.39, 0.29) is 17.0 Å². The highest BCUT2D eigenvalue weighted by Crippen LogP contribution is 2.55. The fourth-order valence-electron chi connectivity index (χ4n) is 5.48. The molecule has 0 radical (unpaired) electrons. The third-order valence-corrected chi connectivity index (χ3v) is 5.88. The molecule has 0 heterocycles. The lowest BCUT2D eigenvalue weighted by Gasteiger charge is -2.56. The van der Waals surface area contributed by atoms with Gasteiger partial charge in [0.05, 0.1) is 5.56 Å². The quantitative estimate of drug-likeness (QED) is 0.850. The first-order valence-corrected chi connectivity index (χ1v) is 8.85. The van der Waals surface area contributed by atoms with E-state index in [9.17, 15) is 18.4 Å². The van der Waals surface area contributed by atoms with Gasteiger partial charge in [-0.05, 0) is 68.4 Å². The molecule has 25 heavy (non-hydrogen) atoms. The van der Waals surface area contributed by atoms with Crippen LogP contribution in [0.4, 0.5) is 8.78 Å². The van der Waals surface area contributed by atoms with Crippen LogP contribution in [0.3, 0.4) is 0 Å². The third kappa shape index (κ3) is 3.39. The average molecular weight is 349 g/mol. The van der Waals surface area contributed by atoms with Crippen molar-refractivity contribution in [2.24, 2.45) is 17.8 Å². The molecule has 0 saturated heterocycles. The van der Waals surface area contributed by atoms with Gasteiger partial charge in [0.15, 0.2) is 6.61 Å². The van der Waals surface area contributed by atoms with Crippen LogP contribution in [-0.2, 0) is 9.53 Å². The van der Waals surface area contributed by atoms with Crippen LogP contribution in [0.2, 0.25) is 0 Å². The molecule has 1 amide bonds. The summed E-state index contributed by atoms with van der Waals surface area (Å²) in [5.41, 5.74) is -0.386. The molecule has 4 aliphatic rings. The Morgan fingerprint density at radius 2 is 1.52 bits per heavy atom. The largest absolute Gasteiger partial charge is 0.452 e. The molecule has 0 atom stereocenters. The first-order chi connectivity index (χ1) is 11.9. The minimum absolute atomic E-state index is 0.150. The van der Waals surface area contributed by atoms with E-state index < -0.39 is 24.2 Å². The number of amides is 1. The van der Waals surface area contributed by atoms with E-state index in [2.05, 4.69) is 5.32 Å². The van der Waals surface area contributed by atoms with Crippen molar-refractivity contribution in [3.63, 3.8) is 0 Å². The maximum Gasteiger partial charge on any atom is 0.338 e. The maximum absolute atomic E-state index is 13.1. The number of carbonyl (C=O) groups excluding carboxylic acids is 2. The zero-order valence-corrected chi connectivity index (χ0v) is 13.9. The molecule has 1 aromatic rings. The fourth-order valence-corrected chi connectivity index (χ4v) is 5.48. The summed E-state index contributed by atoms with van der Waals surface area (Å²) >= 11 is 0. The van der Waals surface area contributed by atoms with Gasteiger partial charge in [0, 0.05) is 11.6 Å². The van der Waals surface area contributed by atoms with Gasteiger partial charge in [-0.25, -0.2) is 13.6 Å². The van der Waals surface area contributed by atoms with Crippen LogP contribution in [-0.4, -0.2) is 24.0 Å². The highest BCUT2D eigenvalue weighted by atomic mass is 19.1. The van der Waals surface area contributed by atoms with Crippen molar-refractivity contribution in [1.29, 1.82) is 0 Å². The minimum atomic E-state index is -0.904. The predicted octanol–water partition coefficient (Wildman–Crippen LogP) is 3.21. The van der Waals surface area contributed by atoms with E-state index in [0.29, 0.717) is 23.8 Å². The first-order valence-electron chi connectivity index (χ1n) is 8.85. The lowest BCUT2D eigenvalue weighted by molar-refractivity contribution is -0.130. The van der Waals surface area contributed by atoms with Crippen LogP contribution in [0, 0.1) is 29.4 Å². The molecular weight excluding hydrogens is 328 g/mol. The number of ether oxygens (including phenoxy) is 1. The molecule has 0 unspecified atom stereocenters. The van der Waals surface area contributed by atoms with Gasteiger partial charge in [-0.3, -0.25) is 4.79 Å². The second-order valence-corrected chi connectivity index (χ2v) is 7.98. The highest BCUT2D eigenvalue weighted by Gasteiger charge is 2.51. The Morgan fingerprint density at radius 1 is 1.00 bits per heavy atom. The Kier molecular flexibility index (Phi) is 4.01. The number of esters is 1. The van der Waals surface area contributed by atoms with Crippen molar-refractivity contribution in [3.05, 3.63) is 35.4 Å². The second-order valence-electron chi connectivity index (χ2n) is 7.98. The molecule has 0 aliphatic heterocycles. The third-order valence-electron chi connectivity index (χ3n) is 5.88. The minimum Gasteiger partial charge on any atom is -0.452 e. The Hall–Kier alpha value is -1.98. The van der Waals surface area contributed by atoms with Crippen molar-refractivity contribution in [2.45, 2.75) is 44.1 Å². The number of nitrogens with one attached hydrogen (secondary N) is 1. The Bertz CT molecular complexity index is 663. The van der Waals surface area contributed by atoms with Crippen molar-refractivity contribution in [1.82, 2.24) is 5.32 Å². The van der Waals surface area contributed by atoms with Crippen LogP contribution in [0.15, 0.2) is 18.2 Å². The van der Waals surface area contributed by atoms with Gasteiger partial charge in [-0.15, -0.1) is 0 Å².